The zero-order valence-electron chi connectivity index (χ0n) is 9.01. The molecule has 16 heavy (non-hydrogen) atoms. The van der Waals surface area contributed by atoms with Gasteiger partial charge in [-0.05, 0) is 25.2 Å². The first kappa shape index (κ1) is 10.6. The van der Waals surface area contributed by atoms with E-state index in [1.807, 2.05) is 19.2 Å². The van der Waals surface area contributed by atoms with Crippen molar-refractivity contribution in [3.8, 4) is 0 Å². The standard InChI is InChI=1S/C11H13N3O2/c1-12-7-9-3-4-10(16-9)8-14-6-2-5-13-11(14)15/h2-6,12H,7-8H2,1H3. The maximum Gasteiger partial charge on any atom is 0.347 e. The van der Waals surface area contributed by atoms with Crippen molar-refractivity contribution in [2.24, 2.45) is 0 Å². The van der Waals surface area contributed by atoms with Crippen LogP contribution in [0.5, 0.6) is 0 Å². The fraction of sp³-hybridized carbons (Fsp3) is 0.273. The van der Waals surface area contributed by atoms with E-state index in [2.05, 4.69) is 10.3 Å². The van der Waals surface area contributed by atoms with E-state index in [1.54, 1.807) is 12.3 Å². The fourth-order valence-corrected chi connectivity index (χ4v) is 1.45. The summed E-state index contributed by atoms with van der Waals surface area (Å²) < 4.78 is 7.03. The van der Waals surface area contributed by atoms with E-state index in [0.29, 0.717) is 13.1 Å². The van der Waals surface area contributed by atoms with Crippen LogP contribution in [-0.2, 0) is 13.1 Å². The van der Waals surface area contributed by atoms with Gasteiger partial charge in [0, 0.05) is 12.4 Å². The highest BCUT2D eigenvalue weighted by molar-refractivity contribution is 5.07. The molecule has 0 atom stereocenters. The molecule has 0 saturated carbocycles. The van der Waals surface area contributed by atoms with Gasteiger partial charge in [-0.3, -0.25) is 4.57 Å². The van der Waals surface area contributed by atoms with Gasteiger partial charge in [0.15, 0.2) is 0 Å². The predicted octanol–water partition coefficient (Wildman–Crippen LogP) is 0.604. The second-order valence-electron chi connectivity index (χ2n) is 3.43. The van der Waals surface area contributed by atoms with E-state index in [9.17, 15) is 4.79 Å². The molecule has 0 spiro atoms. The SMILES string of the molecule is CNCc1ccc(Cn2cccnc2=O)o1. The van der Waals surface area contributed by atoms with Crippen molar-refractivity contribution < 1.29 is 4.42 Å². The van der Waals surface area contributed by atoms with Crippen LogP contribution in [0.3, 0.4) is 0 Å². The molecule has 0 bridgehead atoms. The average molecular weight is 219 g/mol. The van der Waals surface area contributed by atoms with Crippen molar-refractivity contribution >= 4 is 0 Å². The molecule has 2 heterocycles. The average Bonchev–Trinajstić information content (AvgIpc) is 2.70. The monoisotopic (exact) mass is 219 g/mol. The van der Waals surface area contributed by atoms with Crippen molar-refractivity contribution in [3.05, 3.63) is 52.6 Å². The van der Waals surface area contributed by atoms with Crippen LogP contribution in [0.4, 0.5) is 0 Å². The largest absolute Gasteiger partial charge is 0.463 e. The number of hydrogen-bond acceptors (Lipinski definition) is 4. The molecule has 5 nitrogen and oxygen atoms in total. The smallest absolute Gasteiger partial charge is 0.347 e. The molecule has 0 amide bonds. The van der Waals surface area contributed by atoms with Crippen LogP contribution >= 0.6 is 0 Å². The molecule has 0 unspecified atom stereocenters. The number of aromatic nitrogens is 2. The van der Waals surface area contributed by atoms with Crippen LogP contribution < -0.4 is 11.0 Å². The zero-order chi connectivity index (χ0) is 11.4. The topological polar surface area (TPSA) is 60.1 Å². The van der Waals surface area contributed by atoms with Crippen molar-refractivity contribution in [2.45, 2.75) is 13.1 Å². The van der Waals surface area contributed by atoms with E-state index in [0.717, 1.165) is 11.5 Å². The Bertz CT molecular complexity index is 516. The predicted molar refractivity (Wildman–Crippen MR) is 59.1 cm³/mol. The van der Waals surface area contributed by atoms with E-state index in [4.69, 9.17) is 4.42 Å². The van der Waals surface area contributed by atoms with Gasteiger partial charge < -0.3 is 9.73 Å². The molecule has 0 aliphatic heterocycles. The second-order valence-corrected chi connectivity index (χ2v) is 3.43. The van der Waals surface area contributed by atoms with Gasteiger partial charge in [-0.2, -0.15) is 0 Å². The van der Waals surface area contributed by atoms with Crippen molar-refractivity contribution in [2.75, 3.05) is 7.05 Å². The zero-order valence-corrected chi connectivity index (χ0v) is 9.01. The Morgan fingerprint density at radius 2 is 2.25 bits per heavy atom. The van der Waals surface area contributed by atoms with Gasteiger partial charge in [0.25, 0.3) is 0 Å². The van der Waals surface area contributed by atoms with E-state index < -0.39 is 0 Å². The summed E-state index contributed by atoms with van der Waals surface area (Å²) in [5.74, 6) is 1.61. The highest BCUT2D eigenvalue weighted by Crippen LogP contribution is 2.08. The normalized spacial score (nSPS) is 10.6. The number of furan rings is 1. The van der Waals surface area contributed by atoms with Gasteiger partial charge >= 0.3 is 5.69 Å². The molecule has 0 radical (unpaired) electrons. The lowest BCUT2D eigenvalue weighted by Gasteiger charge is -2.00. The van der Waals surface area contributed by atoms with Crippen LogP contribution in [0.1, 0.15) is 11.5 Å². The quantitative estimate of drug-likeness (QED) is 0.818. The molecule has 2 aromatic rings. The maximum absolute atomic E-state index is 11.4. The van der Waals surface area contributed by atoms with Crippen LogP contribution in [0, 0.1) is 0 Å². The van der Waals surface area contributed by atoms with Crippen LogP contribution in [0.15, 0.2) is 39.8 Å². The number of rotatable bonds is 4. The van der Waals surface area contributed by atoms with E-state index in [1.165, 1.54) is 10.8 Å². The summed E-state index contributed by atoms with van der Waals surface area (Å²) in [6.45, 7) is 1.10. The number of hydrogen-bond donors (Lipinski definition) is 1. The number of nitrogens with zero attached hydrogens (tertiary/aromatic N) is 2. The molecule has 0 saturated heterocycles. The third kappa shape index (κ3) is 2.38. The number of nitrogens with one attached hydrogen (secondary N) is 1. The van der Waals surface area contributed by atoms with E-state index in [-0.39, 0.29) is 5.69 Å². The van der Waals surface area contributed by atoms with Gasteiger partial charge in [-0.25, -0.2) is 9.78 Å². The fourth-order valence-electron chi connectivity index (χ4n) is 1.45. The molecular formula is C11H13N3O2. The van der Waals surface area contributed by atoms with Gasteiger partial charge in [-0.15, -0.1) is 0 Å². The molecule has 2 aromatic heterocycles. The summed E-state index contributed by atoms with van der Waals surface area (Å²) >= 11 is 0. The molecular weight excluding hydrogens is 206 g/mol. The lowest BCUT2D eigenvalue weighted by atomic mass is 10.4. The Balaban J connectivity index is 2.15. The Morgan fingerprint density at radius 1 is 1.44 bits per heavy atom. The third-order valence-electron chi connectivity index (χ3n) is 2.18. The van der Waals surface area contributed by atoms with Gasteiger partial charge in [0.2, 0.25) is 0 Å². The molecule has 5 heteroatoms. The highest BCUT2D eigenvalue weighted by Gasteiger charge is 2.03. The Labute approximate surface area is 92.7 Å². The molecule has 0 aliphatic carbocycles. The van der Waals surface area contributed by atoms with Crippen molar-refractivity contribution in [3.63, 3.8) is 0 Å². The van der Waals surface area contributed by atoms with Gasteiger partial charge in [0.1, 0.15) is 11.5 Å². The van der Waals surface area contributed by atoms with E-state index >= 15 is 0 Å². The minimum atomic E-state index is -0.269. The summed E-state index contributed by atoms with van der Waals surface area (Å²) in [5, 5.41) is 3.00. The summed E-state index contributed by atoms with van der Waals surface area (Å²) in [6.07, 6.45) is 3.17. The summed E-state index contributed by atoms with van der Waals surface area (Å²) in [7, 11) is 1.85. The summed E-state index contributed by atoms with van der Waals surface area (Å²) in [4.78, 5) is 15.0. The first-order valence-corrected chi connectivity index (χ1v) is 5.03. The molecule has 1 N–H and O–H groups in total. The van der Waals surface area contributed by atoms with Crippen molar-refractivity contribution in [1.82, 2.24) is 14.9 Å². The second kappa shape index (κ2) is 4.76. The lowest BCUT2D eigenvalue weighted by Crippen LogP contribution is -2.21. The Kier molecular flexibility index (Phi) is 3.16. The maximum atomic E-state index is 11.4. The van der Waals surface area contributed by atoms with Crippen LogP contribution in [0.25, 0.3) is 0 Å². The molecule has 0 aromatic carbocycles. The van der Waals surface area contributed by atoms with Gasteiger partial charge in [-0.1, -0.05) is 0 Å². The Hall–Kier alpha value is -1.88. The minimum absolute atomic E-state index is 0.269. The lowest BCUT2D eigenvalue weighted by molar-refractivity contribution is 0.441. The first-order chi connectivity index (χ1) is 7.79. The summed E-state index contributed by atoms with van der Waals surface area (Å²) in [6, 6.07) is 5.48. The molecule has 84 valence electrons. The Morgan fingerprint density at radius 3 is 3.00 bits per heavy atom. The van der Waals surface area contributed by atoms with Crippen LogP contribution in [-0.4, -0.2) is 16.6 Å². The third-order valence-corrected chi connectivity index (χ3v) is 2.18. The summed E-state index contributed by atoms with van der Waals surface area (Å²) in [5.41, 5.74) is -0.269. The molecule has 2 rings (SSSR count). The van der Waals surface area contributed by atoms with Gasteiger partial charge in [0.05, 0.1) is 13.1 Å². The molecule has 0 fully saturated rings. The minimum Gasteiger partial charge on any atom is -0.463 e. The first-order valence-electron chi connectivity index (χ1n) is 5.03. The molecule has 0 aliphatic rings. The van der Waals surface area contributed by atoms with Crippen molar-refractivity contribution in [1.29, 1.82) is 0 Å². The highest BCUT2D eigenvalue weighted by atomic mass is 16.3. The van der Waals surface area contributed by atoms with Crippen LogP contribution in [0.2, 0.25) is 0 Å².